The largest absolute Gasteiger partial charge is 0.480 e. The number of allylic oxidation sites excluding steroid dienone is 1. The number of amides is 2. The fraction of sp³-hybridized carbons (Fsp3) is 0.806. The summed E-state index contributed by atoms with van der Waals surface area (Å²) in [5, 5.41) is 10.1. The van der Waals surface area contributed by atoms with Crippen molar-refractivity contribution in [3.63, 3.8) is 0 Å². The molecule has 4 rings (SSSR count). The van der Waals surface area contributed by atoms with Gasteiger partial charge in [0.25, 0.3) is 5.91 Å². The molecule has 7 atom stereocenters. The van der Waals surface area contributed by atoms with E-state index < -0.39 is 24.1 Å². The van der Waals surface area contributed by atoms with E-state index in [0.717, 1.165) is 77.0 Å². The highest BCUT2D eigenvalue weighted by Crippen LogP contribution is 2.41. The van der Waals surface area contributed by atoms with Crippen LogP contribution in [0.5, 0.6) is 0 Å². The van der Waals surface area contributed by atoms with E-state index in [1.165, 1.54) is 0 Å². The normalized spacial score (nSPS) is 31.6. The van der Waals surface area contributed by atoms with E-state index in [9.17, 15) is 19.5 Å². The summed E-state index contributed by atoms with van der Waals surface area (Å²) in [7, 11) is 0. The Bertz CT molecular complexity index is 949. The first kappa shape index (κ1) is 29.6. The second-order valence-corrected chi connectivity index (χ2v) is 12.1. The molecule has 0 aromatic rings. The molecular formula is C31H50N4O4. The molecular weight excluding hydrogens is 492 g/mol. The third-order valence-corrected chi connectivity index (χ3v) is 9.49. The van der Waals surface area contributed by atoms with Crippen molar-refractivity contribution in [2.75, 3.05) is 0 Å². The molecule has 2 saturated heterocycles. The number of unbranched alkanes of at least 4 members (excludes halogenated alkanes) is 1. The number of likely N-dealkylation sites (tertiary alicyclic amines) is 1. The van der Waals surface area contributed by atoms with Crippen LogP contribution >= 0.6 is 0 Å². The minimum Gasteiger partial charge on any atom is -0.480 e. The van der Waals surface area contributed by atoms with Crippen molar-refractivity contribution in [3.05, 3.63) is 12.2 Å². The topological polar surface area (TPSA) is 93.5 Å². The number of carboxylic acids is 1. The summed E-state index contributed by atoms with van der Waals surface area (Å²) in [5.41, 5.74) is 0. The molecule has 0 radical (unpaired) electrons. The number of fused-ring (bicyclic) bond motifs is 1. The van der Waals surface area contributed by atoms with Gasteiger partial charge in [-0.1, -0.05) is 65.0 Å². The predicted molar refractivity (Wildman–Crippen MR) is 153 cm³/mol. The van der Waals surface area contributed by atoms with Crippen LogP contribution in [0.1, 0.15) is 118 Å². The summed E-state index contributed by atoms with van der Waals surface area (Å²) < 4.78 is 0. The van der Waals surface area contributed by atoms with Gasteiger partial charge in [0.2, 0.25) is 11.9 Å². The Morgan fingerprint density at radius 3 is 2.51 bits per heavy atom. The molecule has 2 amide bonds. The number of guanidine groups is 1. The molecule has 1 saturated carbocycles. The lowest BCUT2D eigenvalue weighted by atomic mass is 9.84. The second-order valence-electron chi connectivity index (χ2n) is 12.1. The van der Waals surface area contributed by atoms with Crippen LogP contribution in [-0.4, -0.2) is 79.8 Å². The Balaban J connectivity index is 1.74. The predicted octanol–water partition coefficient (Wildman–Crippen LogP) is 5.37. The second kappa shape index (κ2) is 13.3. The van der Waals surface area contributed by atoms with Crippen LogP contribution in [0.25, 0.3) is 0 Å². The maximum atomic E-state index is 14.3. The van der Waals surface area contributed by atoms with Crippen molar-refractivity contribution in [3.8, 4) is 0 Å². The summed E-state index contributed by atoms with van der Waals surface area (Å²) in [6, 6.07) is -1.91. The Morgan fingerprint density at radius 1 is 1.10 bits per heavy atom. The van der Waals surface area contributed by atoms with Crippen LogP contribution in [0.3, 0.4) is 0 Å². The summed E-state index contributed by atoms with van der Waals surface area (Å²) in [4.78, 5) is 51.6. The lowest BCUT2D eigenvalue weighted by Crippen LogP contribution is -2.56. The van der Waals surface area contributed by atoms with Crippen molar-refractivity contribution >= 4 is 23.7 Å². The summed E-state index contributed by atoms with van der Waals surface area (Å²) >= 11 is 0. The first-order valence-corrected chi connectivity index (χ1v) is 15.7. The van der Waals surface area contributed by atoms with Crippen LogP contribution < -0.4 is 0 Å². The Morgan fingerprint density at radius 2 is 1.87 bits per heavy atom. The van der Waals surface area contributed by atoms with E-state index in [0.29, 0.717) is 18.8 Å². The number of carbonyl (C=O) groups excluding carboxylic acids is 2. The number of nitrogens with zero attached hydrogens (tertiary/aromatic N) is 4. The lowest BCUT2D eigenvalue weighted by molar-refractivity contribution is -0.152. The van der Waals surface area contributed by atoms with Crippen LogP contribution in [0, 0.1) is 5.92 Å². The highest BCUT2D eigenvalue weighted by atomic mass is 16.4. The molecule has 2 aliphatic heterocycles. The SMILES string of the molecule is CCCCC(CC)N=C1N(C2C=CCCC2)C(=O)C(CCC)N1[C@@H](C)C(=O)N1C(C(=O)O)C[C@@H]2CCCC[C@@H]21. The smallest absolute Gasteiger partial charge is 0.326 e. The highest BCUT2D eigenvalue weighted by molar-refractivity contribution is 6.08. The first-order chi connectivity index (χ1) is 18.8. The fourth-order valence-corrected chi connectivity index (χ4v) is 7.37. The van der Waals surface area contributed by atoms with Gasteiger partial charge in [0.15, 0.2) is 0 Å². The summed E-state index contributed by atoms with van der Waals surface area (Å²) in [6.45, 7) is 8.26. The Kier molecular flexibility index (Phi) is 10.1. The van der Waals surface area contributed by atoms with E-state index in [1.54, 1.807) is 4.90 Å². The van der Waals surface area contributed by atoms with Gasteiger partial charge in [-0.25, -0.2) is 9.79 Å². The highest BCUT2D eigenvalue weighted by Gasteiger charge is 2.53. The molecule has 4 unspecified atom stereocenters. The lowest BCUT2D eigenvalue weighted by Gasteiger charge is -2.38. The van der Waals surface area contributed by atoms with Crippen LogP contribution in [0.2, 0.25) is 0 Å². The van der Waals surface area contributed by atoms with Crippen molar-refractivity contribution in [2.24, 2.45) is 10.9 Å². The van der Waals surface area contributed by atoms with Gasteiger partial charge in [-0.3, -0.25) is 14.5 Å². The van der Waals surface area contributed by atoms with Crippen molar-refractivity contribution in [1.82, 2.24) is 14.7 Å². The van der Waals surface area contributed by atoms with E-state index in [2.05, 4.69) is 32.9 Å². The van der Waals surface area contributed by atoms with Gasteiger partial charge in [-0.2, -0.15) is 0 Å². The minimum absolute atomic E-state index is 0.0246. The van der Waals surface area contributed by atoms with E-state index in [-0.39, 0.29) is 35.9 Å². The summed E-state index contributed by atoms with van der Waals surface area (Å²) in [6.07, 6.45) is 17.1. The van der Waals surface area contributed by atoms with Gasteiger partial charge in [0, 0.05) is 6.04 Å². The number of aliphatic carboxylic acids is 1. The van der Waals surface area contributed by atoms with E-state index >= 15 is 0 Å². The molecule has 1 N–H and O–H groups in total. The molecule has 0 aromatic carbocycles. The molecule has 8 nitrogen and oxygen atoms in total. The molecule has 0 spiro atoms. The molecule has 0 bridgehead atoms. The number of carbonyl (C=O) groups is 3. The van der Waals surface area contributed by atoms with Crippen molar-refractivity contribution in [2.45, 2.75) is 154 Å². The monoisotopic (exact) mass is 542 g/mol. The third kappa shape index (κ3) is 6.04. The quantitative estimate of drug-likeness (QED) is 0.355. The molecule has 2 heterocycles. The number of hydrogen-bond acceptors (Lipinski definition) is 4. The maximum Gasteiger partial charge on any atom is 0.326 e. The number of rotatable bonds is 11. The molecule has 8 heteroatoms. The Hall–Kier alpha value is -2.38. The summed E-state index contributed by atoms with van der Waals surface area (Å²) in [5.74, 6) is -0.172. The number of carboxylic acid groups (broad SMARTS) is 1. The van der Waals surface area contributed by atoms with Crippen LogP contribution in [-0.2, 0) is 14.4 Å². The number of aliphatic imine (C=N–C) groups is 1. The number of hydrogen-bond donors (Lipinski definition) is 1. The average molecular weight is 543 g/mol. The van der Waals surface area contributed by atoms with Crippen molar-refractivity contribution in [1.29, 1.82) is 0 Å². The van der Waals surface area contributed by atoms with Gasteiger partial charge >= 0.3 is 5.97 Å². The van der Waals surface area contributed by atoms with Gasteiger partial charge in [0.1, 0.15) is 18.1 Å². The zero-order valence-electron chi connectivity index (χ0n) is 24.6. The molecule has 218 valence electrons. The molecule has 0 aromatic heterocycles. The standard InChI is InChI=1S/C31H50N4O4/c1-5-8-16-23(7-3)32-31-33(26(14-6-2)29(37)34(31)24-17-10-9-11-18-24)21(4)28(36)35-25-19-13-12-15-22(25)20-27(35)30(38)39/h10,17,21-27H,5-9,11-16,18-20H2,1-4H3,(H,38,39)/t21-,22-,23?,24?,25-,26?,27?/m0/s1. The van der Waals surface area contributed by atoms with E-state index in [1.807, 2.05) is 16.7 Å². The molecule has 2 aliphatic carbocycles. The molecule has 39 heavy (non-hydrogen) atoms. The molecule has 4 aliphatic rings. The van der Waals surface area contributed by atoms with Crippen LogP contribution in [0.15, 0.2) is 17.1 Å². The van der Waals surface area contributed by atoms with Gasteiger partial charge in [-0.05, 0) is 70.6 Å². The van der Waals surface area contributed by atoms with Gasteiger partial charge < -0.3 is 14.9 Å². The van der Waals surface area contributed by atoms with Crippen LogP contribution in [0.4, 0.5) is 0 Å². The molecule has 3 fully saturated rings. The third-order valence-electron chi connectivity index (χ3n) is 9.49. The minimum atomic E-state index is -0.916. The van der Waals surface area contributed by atoms with E-state index in [4.69, 9.17) is 4.99 Å². The zero-order chi connectivity index (χ0) is 28.1. The fourth-order valence-electron chi connectivity index (χ4n) is 7.37. The van der Waals surface area contributed by atoms with Crippen molar-refractivity contribution < 1.29 is 19.5 Å². The van der Waals surface area contributed by atoms with Gasteiger partial charge in [-0.15, -0.1) is 0 Å². The van der Waals surface area contributed by atoms with Gasteiger partial charge in [0.05, 0.1) is 12.1 Å². The zero-order valence-corrected chi connectivity index (χ0v) is 24.6. The maximum absolute atomic E-state index is 14.3. The first-order valence-electron chi connectivity index (χ1n) is 15.7. The average Bonchev–Trinajstić information content (AvgIpc) is 3.46. The Labute approximate surface area is 234 Å².